The molecular formula is C17H19ClN4O4S. The Balaban J connectivity index is 0.000000465. The zero-order valence-electron chi connectivity index (χ0n) is 14.8. The van der Waals surface area contributed by atoms with E-state index in [9.17, 15) is 0 Å². The number of nitrogens with two attached hydrogens (primary N) is 1. The fourth-order valence-electron chi connectivity index (χ4n) is 2.65. The lowest BCUT2D eigenvalue weighted by Gasteiger charge is -2.17. The Hall–Kier alpha value is -2.14. The first-order valence-corrected chi connectivity index (χ1v) is 9.94. The van der Waals surface area contributed by atoms with E-state index in [1.165, 1.54) is 33.9 Å². The predicted octanol–water partition coefficient (Wildman–Crippen LogP) is -1.82. The average Bonchev–Trinajstić information content (AvgIpc) is 2.98. The largest absolute Gasteiger partial charge is 0.374 e. The maximum absolute atomic E-state index is 8.49. The molecule has 2 N–H and O–H groups in total. The molecule has 0 spiro atoms. The van der Waals surface area contributed by atoms with Gasteiger partial charge in [-0.25, -0.2) is 18.6 Å². The number of nitrogens with zero attached hydrogens (tertiary/aromatic N) is 3. The van der Waals surface area contributed by atoms with Gasteiger partial charge in [-0.1, -0.05) is 41.7 Å². The topological polar surface area (TPSA) is 148 Å². The van der Waals surface area contributed by atoms with E-state index in [0.29, 0.717) is 5.13 Å². The Bertz CT molecular complexity index is 855. The van der Waals surface area contributed by atoms with Crippen molar-refractivity contribution in [1.82, 2.24) is 10.2 Å². The number of aryl methyl sites for hydroxylation is 3. The van der Waals surface area contributed by atoms with Crippen LogP contribution in [-0.4, -0.2) is 10.2 Å². The van der Waals surface area contributed by atoms with Gasteiger partial charge in [-0.3, -0.25) is 0 Å². The van der Waals surface area contributed by atoms with Crippen LogP contribution in [0.25, 0.3) is 11.1 Å². The molecule has 0 unspecified atom stereocenters. The van der Waals surface area contributed by atoms with Gasteiger partial charge in [0.1, 0.15) is 5.01 Å². The summed E-state index contributed by atoms with van der Waals surface area (Å²) in [6.07, 6.45) is 0.853. The molecule has 0 radical (unpaired) electrons. The molecule has 0 aliphatic rings. The molecule has 0 atom stereocenters. The lowest BCUT2D eigenvalue weighted by atomic mass is 10.0. The second-order valence-electron chi connectivity index (χ2n) is 5.71. The van der Waals surface area contributed by atoms with Crippen LogP contribution in [0.15, 0.2) is 42.5 Å². The summed E-state index contributed by atoms with van der Waals surface area (Å²) in [5.74, 6) is 0. The van der Waals surface area contributed by atoms with E-state index in [0.717, 1.165) is 18.0 Å². The van der Waals surface area contributed by atoms with Crippen LogP contribution in [0.3, 0.4) is 0 Å². The minimum Gasteiger partial charge on any atom is -0.374 e. The van der Waals surface area contributed by atoms with Gasteiger partial charge in [0.2, 0.25) is 5.13 Å². The number of benzene rings is 1. The fraction of sp³-hybridized carbons (Fsp3) is 0.235. The van der Waals surface area contributed by atoms with Gasteiger partial charge in [0, 0.05) is 26.0 Å². The minimum atomic E-state index is -4.94. The molecule has 0 saturated heterocycles. The number of aromatic nitrogens is 3. The summed E-state index contributed by atoms with van der Waals surface area (Å²) in [5.41, 5.74) is 10.6. The van der Waals surface area contributed by atoms with E-state index in [4.69, 9.17) is 24.4 Å². The molecule has 1 aromatic carbocycles. The molecule has 0 saturated carbocycles. The predicted molar refractivity (Wildman–Crippen MR) is 89.6 cm³/mol. The van der Waals surface area contributed by atoms with E-state index in [1.54, 1.807) is 0 Å². The third kappa shape index (κ3) is 7.18. The normalized spacial score (nSPS) is 11.0. The summed E-state index contributed by atoms with van der Waals surface area (Å²) in [6.45, 7) is 5.18. The monoisotopic (exact) mass is 410 g/mol. The van der Waals surface area contributed by atoms with Gasteiger partial charge >= 0.3 is 0 Å². The number of halogens is 1. The van der Waals surface area contributed by atoms with Crippen molar-refractivity contribution >= 4 is 16.5 Å². The zero-order chi connectivity index (χ0) is 20.0. The smallest absolute Gasteiger partial charge is 0.203 e. The van der Waals surface area contributed by atoms with Crippen molar-refractivity contribution in [3.8, 4) is 11.1 Å². The molecule has 0 aliphatic heterocycles. The van der Waals surface area contributed by atoms with E-state index in [-0.39, 0.29) is 0 Å². The molecule has 0 aliphatic carbocycles. The van der Waals surface area contributed by atoms with Crippen molar-refractivity contribution < 1.29 is 33.4 Å². The highest BCUT2D eigenvalue weighted by atomic mass is 35.7. The SMILES string of the molecule is Cc1cc(-c2ccccc2)cc(C)[n+]1CCc1nnc(N)s1.[O-][Cl+3]([O-])([O-])[O-]. The summed E-state index contributed by atoms with van der Waals surface area (Å²) < 4.78 is 36.3. The number of hydrogen-bond donors (Lipinski definition) is 1. The van der Waals surface area contributed by atoms with Crippen molar-refractivity contribution in [2.75, 3.05) is 5.73 Å². The first-order valence-electron chi connectivity index (χ1n) is 7.89. The first kappa shape index (κ1) is 21.2. The molecule has 10 heteroatoms. The van der Waals surface area contributed by atoms with Crippen molar-refractivity contribution in [1.29, 1.82) is 0 Å². The van der Waals surface area contributed by atoms with E-state index < -0.39 is 10.2 Å². The number of anilines is 1. The van der Waals surface area contributed by atoms with Gasteiger partial charge in [-0.15, -0.1) is 20.4 Å². The maximum Gasteiger partial charge on any atom is 0.203 e. The summed E-state index contributed by atoms with van der Waals surface area (Å²) in [6, 6.07) is 14.9. The molecular weight excluding hydrogens is 392 g/mol. The molecule has 3 rings (SSSR count). The van der Waals surface area contributed by atoms with Gasteiger partial charge < -0.3 is 5.73 Å². The summed E-state index contributed by atoms with van der Waals surface area (Å²) in [7, 11) is -4.94. The highest BCUT2D eigenvalue weighted by molar-refractivity contribution is 7.15. The van der Waals surface area contributed by atoms with Crippen molar-refractivity contribution in [2.45, 2.75) is 26.8 Å². The Morgan fingerprint density at radius 2 is 1.52 bits per heavy atom. The highest BCUT2D eigenvalue weighted by Crippen LogP contribution is 2.20. The first-order chi connectivity index (χ1) is 12.6. The third-order valence-corrected chi connectivity index (χ3v) is 4.53. The highest BCUT2D eigenvalue weighted by Gasteiger charge is 2.14. The van der Waals surface area contributed by atoms with Crippen LogP contribution < -0.4 is 28.9 Å². The number of pyridine rings is 1. The van der Waals surface area contributed by atoms with E-state index >= 15 is 0 Å². The fourth-order valence-corrected chi connectivity index (χ4v) is 3.25. The van der Waals surface area contributed by atoms with Crippen LogP contribution in [-0.2, 0) is 13.0 Å². The van der Waals surface area contributed by atoms with Crippen molar-refractivity contribution in [3.63, 3.8) is 0 Å². The summed E-state index contributed by atoms with van der Waals surface area (Å²) in [5, 5.41) is 9.47. The van der Waals surface area contributed by atoms with Gasteiger partial charge in [0.25, 0.3) is 0 Å². The Morgan fingerprint density at radius 1 is 0.963 bits per heavy atom. The van der Waals surface area contributed by atoms with Crippen molar-refractivity contribution in [2.24, 2.45) is 0 Å². The van der Waals surface area contributed by atoms with Gasteiger partial charge in [-0.2, -0.15) is 4.57 Å². The number of hydrogen-bond acceptors (Lipinski definition) is 8. The minimum absolute atomic E-state index is 0.535. The second kappa shape index (κ2) is 9.18. The van der Waals surface area contributed by atoms with Crippen molar-refractivity contribution in [3.05, 3.63) is 58.9 Å². The lowest BCUT2D eigenvalue weighted by Crippen LogP contribution is -2.68. The van der Waals surface area contributed by atoms with Gasteiger partial charge in [0.15, 0.2) is 17.9 Å². The Kier molecular flexibility index (Phi) is 7.19. The van der Waals surface area contributed by atoms with Crippen LogP contribution >= 0.6 is 11.3 Å². The molecule has 144 valence electrons. The summed E-state index contributed by atoms with van der Waals surface area (Å²) in [4.78, 5) is 0. The molecule has 2 heterocycles. The third-order valence-electron chi connectivity index (χ3n) is 3.72. The quantitative estimate of drug-likeness (QED) is 0.497. The standard InChI is InChI=1S/C17H19N4S.ClHO4/c1-12-10-15(14-6-4-3-5-7-14)11-13(2)21(12)9-8-16-19-20-17(18)22-16;2-1(3,4)5/h3-7,10-11H,8-9H2,1-2H3,(H2,18,20);(H,2,3,4,5)/q+1;/p-1. The molecule has 2 aromatic heterocycles. The molecule has 0 bridgehead atoms. The van der Waals surface area contributed by atoms with Crippen LogP contribution in [0.1, 0.15) is 16.4 Å². The molecule has 27 heavy (non-hydrogen) atoms. The molecule has 0 fully saturated rings. The Labute approximate surface area is 162 Å². The number of nitrogen functional groups attached to an aromatic ring is 1. The molecule has 3 aromatic rings. The van der Waals surface area contributed by atoms with Crippen LogP contribution in [0, 0.1) is 24.1 Å². The van der Waals surface area contributed by atoms with Crippen LogP contribution in [0.2, 0.25) is 0 Å². The zero-order valence-corrected chi connectivity index (χ0v) is 16.4. The Morgan fingerprint density at radius 3 is 2.00 bits per heavy atom. The lowest BCUT2D eigenvalue weighted by molar-refractivity contribution is -2.00. The second-order valence-corrected chi connectivity index (χ2v) is 7.56. The van der Waals surface area contributed by atoms with Gasteiger partial charge in [0.05, 0.1) is 6.42 Å². The van der Waals surface area contributed by atoms with Gasteiger partial charge in [-0.05, 0) is 11.1 Å². The van der Waals surface area contributed by atoms with Crippen LogP contribution in [0.5, 0.6) is 0 Å². The average molecular weight is 411 g/mol. The summed E-state index contributed by atoms with van der Waals surface area (Å²) >= 11 is 1.46. The van der Waals surface area contributed by atoms with E-state index in [2.05, 4.69) is 65.0 Å². The van der Waals surface area contributed by atoms with E-state index in [1.807, 2.05) is 6.07 Å². The van der Waals surface area contributed by atoms with Crippen LogP contribution in [0.4, 0.5) is 5.13 Å². The molecule has 0 amide bonds. The molecule has 8 nitrogen and oxygen atoms in total. The number of rotatable bonds is 4. The maximum atomic E-state index is 8.49.